The van der Waals surface area contributed by atoms with Gasteiger partial charge in [-0.1, -0.05) is 6.58 Å². The Hall–Kier alpha value is -0.830. The van der Waals surface area contributed by atoms with Crippen LogP contribution in [0.3, 0.4) is 0 Å². The van der Waals surface area contributed by atoms with Gasteiger partial charge in [0.1, 0.15) is 0 Å². The van der Waals surface area contributed by atoms with Crippen LogP contribution in [0.4, 0.5) is 0 Å². The van der Waals surface area contributed by atoms with Crippen molar-refractivity contribution in [3.63, 3.8) is 0 Å². The van der Waals surface area contributed by atoms with E-state index in [1.165, 1.54) is 0 Å². The van der Waals surface area contributed by atoms with Gasteiger partial charge in [-0.25, -0.2) is 4.79 Å². The van der Waals surface area contributed by atoms with Crippen molar-refractivity contribution in [1.82, 2.24) is 5.32 Å². The summed E-state index contributed by atoms with van der Waals surface area (Å²) in [7, 11) is 0. The lowest BCUT2D eigenvalue weighted by Crippen LogP contribution is -2.57. The maximum atomic E-state index is 10.7. The van der Waals surface area contributed by atoms with E-state index in [4.69, 9.17) is 5.11 Å². The van der Waals surface area contributed by atoms with Gasteiger partial charge >= 0.3 is 5.97 Å². The van der Waals surface area contributed by atoms with E-state index in [2.05, 4.69) is 39.6 Å². The molecule has 0 unspecified atom stereocenters. The largest absolute Gasteiger partial charge is 0.478 e. The van der Waals surface area contributed by atoms with E-state index in [1.54, 1.807) is 0 Å². The predicted molar refractivity (Wildman–Crippen MR) is 70.0 cm³/mol. The van der Waals surface area contributed by atoms with Gasteiger partial charge < -0.3 is 10.4 Å². The maximum Gasteiger partial charge on any atom is 0.330 e. The lowest BCUT2D eigenvalue weighted by atomic mass is 9.74. The van der Waals surface area contributed by atoms with Crippen LogP contribution in [-0.4, -0.2) is 22.2 Å². The third kappa shape index (κ3) is 4.50. The average molecular weight is 239 g/mol. The molecule has 3 nitrogen and oxygen atoms in total. The fourth-order valence-corrected chi connectivity index (χ4v) is 3.22. The summed E-state index contributed by atoms with van der Waals surface area (Å²) in [6.07, 6.45) is 3.73. The highest BCUT2D eigenvalue weighted by atomic mass is 16.4. The van der Waals surface area contributed by atoms with E-state index < -0.39 is 5.97 Å². The van der Waals surface area contributed by atoms with Gasteiger partial charge in [-0.2, -0.15) is 0 Å². The number of carboxylic acids is 1. The molecule has 17 heavy (non-hydrogen) atoms. The number of aliphatic carboxylic acids is 1. The molecule has 1 fully saturated rings. The predicted octanol–water partition coefficient (Wildman–Crippen LogP) is 2.96. The molecule has 0 radical (unpaired) electrons. The molecular formula is C14H25NO2. The second kappa shape index (κ2) is 4.81. The number of hydrogen-bond donors (Lipinski definition) is 2. The van der Waals surface area contributed by atoms with Crippen LogP contribution in [0.2, 0.25) is 0 Å². The van der Waals surface area contributed by atoms with Gasteiger partial charge in [-0.05, 0) is 59.3 Å². The van der Waals surface area contributed by atoms with Crippen LogP contribution in [-0.2, 0) is 4.79 Å². The number of carbonyl (C=O) groups is 1. The van der Waals surface area contributed by atoms with Crippen LogP contribution in [0.15, 0.2) is 12.2 Å². The molecule has 0 amide bonds. The van der Waals surface area contributed by atoms with Gasteiger partial charge in [0.15, 0.2) is 0 Å². The first-order valence-electron chi connectivity index (χ1n) is 6.32. The maximum absolute atomic E-state index is 10.7. The van der Waals surface area contributed by atoms with Crippen LogP contribution in [0.5, 0.6) is 0 Å². The summed E-state index contributed by atoms with van der Waals surface area (Å²) in [6, 6.07) is 0. The summed E-state index contributed by atoms with van der Waals surface area (Å²) in [5, 5.41) is 12.4. The average Bonchev–Trinajstić information content (AvgIpc) is 2.08. The SMILES string of the molecule is C=C(CCC1CC(C)(C)NC(C)(C)C1)C(=O)O. The highest BCUT2D eigenvalue weighted by molar-refractivity contribution is 5.85. The number of hydrogen-bond acceptors (Lipinski definition) is 2. The molecular weight excluding hydrogens is 214 g/mol. The van der Waals surface area contributed by atoms with Crippen LogP contribution >= 0.6 is 0 Å². The van der Waals surface area contributed by atoms with E-state index >= 15 is 0 Å². The zero-order chi connectivity index (χ0) is 13.3. The van der Waals surface area contributed by atoms with Crippen molar-refractivity contribution in [1.29, 1.82) is 0 Å². The molecule has 1 saturated heterocycles. The second-order valence-corrected chi connectivity index (χ2v) is 6.61. The Balaban J connectivity index is 2.54. The Morgan fingerprint density at radius 2 is 1.76 bits per heavy atom. The Bertz CT molecular complexity index is 302. The molecule has 1 rings (SSSR count). The zero-order valence-corrected chi connectivity index (χ0v) is 11.5. The number of rotatable bonds is 4. The molecule has 0 atom stereocenters. The standard InChI is InChI=1S/C14H25NO2/c1-10(12(16)17)6-7-11-8-13(2,3)15-14(4,5)9-11/h11,15H,1,6-9H2,2-5H3,(H,16,17). The minimum atomic E-state index is -0.863. The monoisotopic (exact) mass is 239 g/mol. The van der Waals surface area contributed by atoms with Gasteiger partial charge in [-0.15, -0.1) is 0 Å². The molecule has 0 spiro atoms. The molecule has 98 valence electrons. The second-order valence-electron chi connectivity index (χ2n) is 6.61. The summed E-state index contributed by atoms with van der Waals surface area (Å²) < 4.78 is 0. The summed E-state index contributed by atoms with van der Waals surface area (Å²) in [6.45, 7) is 12.5. The molecule has 0 aromatic carbocycles. The number of piperidine rings is 1. The van der Waals surface area contributed by atoms with Gasteiger partial charge in [0.2, 0.25) is 0 Å². The smallest absolute Gasteiger partial charge is 0.330 e. The van der Waals surface area contributed by atoms with E-state index in [1.807, 2.05) is 0 Å². The first-order valence-corrected chi connectivity index (χ1v) is 6.32. The van der Waals surface area contributed by atoms with Crippen molar-refractivity contribution >= 4 is 5.97 Å². The van der Waals surface area contributed by atoms with Crippen molar-refractivity contribution < 1.29 is 9.90 Å². The summed E-state index contributed by atoms with van der Waals surface area (Å²) in [4.78, 5) is 10.7. The quantitative estimate of drug-likeness (QED) is 0.742. The van der Waals surface area contributed by atoms with E-state index in [0.717, 1.165) is 19.3 Å². The van der Waals surface area contributed by atoms with Crippen LogP contribution in [0.1, 0.15) is 53.4 Å². The lowest BCUT2D eigenvalue weighted by molar-refractivity contribution is -0.132. The van der Waals surface area contributed by atoms with Crippen molar-refractivity contribution in [2.24, 2.45) is 5.92 Å². The molecule has 0 aromatic rings. The summed E-state index contributed by atoms with van der Waals surface area (Å²) >= 11 is 0. The van der Waals surface area contributed by atoms with Crippen molar-refractivity contribution in [2.75, 3.05) is 0 Å². The molecule has 0 bridgehead atoms. The minimum absolute atomic E-state index is 0.136. The van der Waals surface area contributed by atoms with Gasteiger partial charge in [0.25, 0.3) is 0 Å². The molecule has 2 N–H and O–H groups in total. The highest BCUT2D eigenvalue weighted by Gasteiger charge is 2.37. The Kier molecular flexibility index (Phi) is 4.03. The molecule has 3 heteroatoms. The Morgan fingerprint density at radius 1 is 1.29 bits per heavy atom. The third-order valence-electron chi connectivity index (χ3n) is 3.43. The number of nitrogens with one attached hydrogen (secondary N) is 1. The van der Waals surface area contributed by atoms with E-state index in [9.17, 15) is 4.79 Å². The molecule has 0 aromatic heterocycles. The summed E-state index contributed by atoms with van der Waals surface area (Å²) in [5.74, 6) is -0.283. The topological polar surface area (TPSA) is 49.3 Å². The van der Waals surface area contributed by atoms with Crippen molar-refractivity contribution in [2.45, 2.75) is 64.5 Å². The number of carboxylic acid groups (broad SMARTS) is 1. The molecule has 0 saturated carbocycles. The van der Waals surface area contributed by atoms with E-state index in [-0.39, 0.29) is 11.1 Å². The zero-order valence-electron chi connectivity index (χ0n) is 11.5. The van der Waals surface area contributed by atoms with Crippen LogP contribution in [0.25, 0.3) is 0 Å². The van der Waals surface area contributed by atoms with Gasteiger partial charge in [-0.3, -0.25) is 0 Å². The van der Waals surface area contributed by atoms with Crippen molar-refractivity contribution in [3.8, 4) is 0 Å². The molecule has 1 aliphatic heterocycles. The Morgan fingerprint density at radius 3 is 2.18 bits per heavy atom. The molecule has 0 aliphatic carbocycles. The van der Waals surface area contributed by atoms with Crippen LogP contribution in [0, 0.1) is 5.92 Å². The van der Waals surface area contributed by atoms with Gasteiger partial charge in [0.05, 0.1) is 0 Å². The fraction of sp³-hybridized carbons (Fsp3) is 0.786. The first-order chi connectivity index (χ1) is 7.61. The third-order valence-corrected chi connectivity index (χ3v) is 3.43. The van der Waals surface area contributed by atoms with E-state index in [0.29, 0.717) is 17.9 Å². The van der Waals surface area contributed by atoms with Crippen LogP contribution < -0.4 is 5.32 Å². The Labute approximate surface area is 104 Å². The fourth-order valence-electron chi connectivity index (χ4n) is 3.22. The summed E-state index contributed by atoms with van der Waals surface area (Å²) in [5.41, 5.74) is 0.604. The molecule has 1 aliphatic rings. The lowest BCUT2D eigenvalue weighted by Gasteiger charge is -2.46. The highest BCUT2D eigenvalue weighted by Crippen LogP contribution is 2.35. The normalized spacial score (nSPS) is 23.3. The molecule has 1 heterocycles. The first kappa shape index (κ1) is 14.2. The van der Waals surface area contributed by atoms with Crippen molar-refractivity contribution in [3.05, 3.63) is 12.2 Å². The van der Waals surface area contributed by atoms with Gasteiger partial charge in [0, 0.05) is 16.7 Å². The minimum Gasteiger partial charge on any atom is -0.478 e.